The number of hydrogen-bond acceptors (Lipinski definition) is 3. The molecule has 2 atom stereocenters. The molecule has 12 heavy (non-hydrogen) atoms. The van der Waals surface area contributed by atoms with Crippen molar-refractivity contribution in [2.45, 2.75) is 25.0 Å². The van der Waals surface area contributed by atoms with Gasteiger partial charge in [-0.05, 0) is 21.0 Å². The zero-order chi connectivity index (χ0) is 9.35. The first kappa shape index (κ1) is 9.48. The molecule has 1 N–H and O–H groups in total. The van der Waals surface area contributed by atoms with Gasteiger partial charge in [0.15, 0.2) is 0 Å². The fraction of sp³-hybridized carbons (Fsp3) is 0.875. The summed E-state index contributed by atoms with van der Waals surface area (Å²) in [5.41, 5.74) is -0.806. The van der Waals surface area contributed by atoms with Crippen molar-refractivity contribution in [2.24, 2.45) is 0 Å². The van der Waals surface area contributed by atoms with Crippen molar-refractivity contribution in [2.75, 3.05) is 20.7 Å². The van der Waals surface area contributed by atoms with E-state index in [1.807, 2.05) is 6.92 Å². The van der Waals surface area contributed by atoms with E-state index < -0.39 is 11.5 Å². The molecule has 1 rings (SSSR count). The summed E-state index contributed by atoms with van der Waals surface area (Å²) in [5.74, 6) is -0.795. The van der Waals surface area contributed by atoms with Crippen molar-refractivity contribution in [3.05, 3.63) is 0 Å². The van der Waals surface area contributed by atoms with Crippen LogP contribution in [-0.4, -0.2) is 48.3 Å². The van der Waals surface area contributed by atoms with Gasteiger partial charge in [-0.2, -0.15) is 0 Å². The highest BCUT2D eigenvalue weighted by atomic mass is 16.5. The number of nitrogens with zero attached hydrogens (tertiary/aromatic N) is 1. The quantitative estimate of drug-likeness (QED) is 0.647. The van der Waals surface area contributed by atoms with Crippen LogP contribution in [0.15, 0.2) is 0 Å². The number of rotatable bonds is 2. The molecule has 1 heterocycles. The van der Waals surface area contributed by atoms with E-state index in [9.17, 15) is 4.79 Å². The summed E-state index contributed by atoms with van der Waals surface area (Å²) in [7, 11) is 3.55. The summed E-state index contributed by atoms with van der Waals surface area (Å²) >= 11 is 0. The van der Waals surface area contributed by atoms with Gasteiger partial charge < -0.3 is 9.84 Å². The molecule has 70 valence electrons. The minimum Gasteiger partial charge on any atom is -0.480 e. The zero-order valence-corrected chi connectivity index (χ0v) is 7.70. The number of ether oxygens (including phenoxy) is 1. The Kier molecular flexibility index (Phi) is 2.39. The van der Waals surface area contributed by atoms with Gasteiger partial charge in [-0.1, -0.05) is 0 Å². The van der Waals surface area contributed by atoms with Crippen molar-refractivity contribution in [3.63, 3.8) is 0 Å². The van der Waals surface area contributed by atoms with Gasteiger partial charge in [-0.3, -0.25) is 9.69 Å². The molecule has 0 radical (unpaired) electrons. The van der Waals surface area contributed by atoms with E-state index in [-0.39, 0.29) is 12.7 Å². The van der Waals surface area contributed by atoms with Gasteiger partial charge >= 0.3 is 5.97 Å². The highest BCUT2D eigenvalue weighted by molar-refractivity contribution is 5.79. The standard InChI is InChI=1S/C8H15NO3/c1-6-4-8(5-12-6,7(10)11)9(2)3/h6H,4-5H2,1-3H3,(H,10,11). The lowest BCUT2D eigenvalue weighted by Crippen LogP contribution is -2.51. The number of likely N-dealkylation sites (N-methyl/N-ethyl adjacent to an activating group) is 1. The topological polar surface area (TPSA) is 49.8 Å². The molecule has 1 saturated heterocycles. The summed E-state index contributed by atoms with van der Waals surface area (Å²) in [5, 5.41) is 9.03. The lowest BCUT2D eigenvalue weighted by molar-refractivity contribution is -0.149. The highest BCUT2D eigenvalue weighted by Crippen LogP contribution is 2.28. The summed E-state index contributed by atoms with van der Waals surface area (Å²) in [6.45, 7) is 2.19. The highest BCUT2D eigenvalue weighted by Gasteiger charge is 2.47. The molecule has 0 aromatic carbocycles. The fourth-order valence-electron chi connectivity index (χ4n) is 1.53. The first-order valence-electron chi connectivity index (χ1n) is 4.01. The second-order valence-electron chi connectivity index (χ2n) is 3.56. The van der Waals surface area contributed by atoms with Crippen LogP contribution in [0.4, 0.5) is 0 Å². The normalized spacial score (nSPS) is 35.8. The monoisotopic (exact) mass is 173 g/mol. The Morgan fingerprint density at radius 1 is 1.67 bits per heavy atom. The number of carbonyl (C=O) groups is 1. The Balaban J connectivity index is 2.82. The molecule has 0 aliphatic carbocycles. The van der Waals surface area contributed by atoms with Crippen molar-refractivity contribution in [1.29, 1.82) is 0 Å². The molecule has 1 aliphatic rings. The summed E-state index contributed by atoms with van der Waals surface area (Å²) < 4.78 is 5.27. The SMILES string of the molecule is CC1CC(C(=O)O)(N(C)C)CO1. The maximum absolute atomic E-state index is 11.0. The van der Waals surface area contributed by atoms with Gasteiger partial charge in [0.2, 0.25) is 0 Å². The molecular weight excluding hydrogens is 158 g/mol. The molecule has 4 nitrogen and oxygen atoms in total. The van der Waals surface area contributed by atoms with E-state index in [2.05, 4.69) is 0 Å². The van der Waals surface area contributed by atoms with E-state index in [0.717, 1.165) is 0 Å². The van der Waals surface area contributed by atoms with Crippen molar-refractivity contribution in [3.8, 4) is 0 Å². The Hall–Kier alpha value is -0.610. The molecule has 0 aromatic rings. The van der Waals surface area contributed by atoms with Gasteiger partial charge in [0.05, 0.1) is 12.7 Å². The minimum absolute atomic E-state index is 0.0449. The molecule has 0 bridgehead atoms. The molecular formula is C8H15NO3. The number of carboxylic acids is 1. The van der Waals surface area contributed by atoms with Crippen LogP contribution in [0.2, 0.25) is 0 Å². The van der Waals surface area contributed by atoms with Gasteiger partial charge in [-0.15, -0.1) is 0 Å². The average molecular weight is 173 g/mol. The van der Waals surface area contributed by atoms with Crippen LogP contribution in [0.1, 0.15) is 13.3 Å². The van der Waals surface area contributed by atoms with E-state index >= 15 is 0 Å². The van der Waals surface area contributed by atoms with Crippen LogP contribution in [0, 0.1) is 0 Å². The lowest BCUT2D eigenvalue weighted by Gasteiger charge is -2.29. The van der Waals surface area contributed by atoms with Crippen LogP contribution in [-0.2, 0) is 9.53 Å². The van der Waals surface area contributed by atoms with Crippen LogP contribution in [0.5, 0.6) is 0 Å². The average Bonchev–Trinajstić information content (AvgIpc) is 2.32. The van der Waals surface area contributed by atoms with Crippen molar-refractivity contribution in [1.82, 2.24) is 4.90 Å². The van der Waals surface area contributed by atoms with E-state index in [1.54, 1.807) is 19.0 Å². The maximum Gasteiger partial charge on any atom is 0.326 e. The molecule has 1 aliphatic heterocycles. The molecule has 4 heteroatoms. The van der Waals surface area contributed by atoms with Crippen molar-refractivity contribution < 1.29 is 14.6 Å². The van der Waals surface area contributed by atoms with E-state index in [4.69, 9.17) is 9.84 Å². The molecule has 0 aromatic heterocycles. The summed E-state index contributed by atoms with van der Waals surface area (Å²) in [4.78, 5) is 12.7. The van der Waals surface area contributed by atoms with Gasteiger partial charge in [0, 0.05) is 6.42 Å². The smallest absolute Gasteiger partial charge is 0.326 e. The molecule has 2 unspecified atom stereocenters. The second-order valence-corrected chi connectivity index (χ2v) is 3.56. The lowest BCUT2D eigenvalue weighted by atomic mass is 9.95. The van der Waals surface area contributed by atoms with E-state index in [1.165, 1.54) is 0 Å². The second kappa shape index (κ2) is 3.03. The first-order chi connectivity index (χ1) is 5.49. The fourth-order valence-corrected chi connectivity index (χ4v) is 1.53. The number of hydrogen-bond donors (Lipinski definition) is 1. The van der Waals surface area contributed by atoms with Gasteiger partial charge in [0.1, 0.15) is 5.54 Å². The van der Waals surface area contributed by atoms with Crippen LogP contribution >= 0.6 is 0 Å². The third-order valence-electron chi connectivity index (χ3n) is 2.49. The Morgan fingerprint density at radius 3 is 2.42 bits per heavy atom. The van der Waals surface area contributed by atoms with Gasteiger partial charge in [-0.25, -0.2) is 0 Å². The third-order valence-corrected chi connectivity index (χ3v) is 2.49. The molecule has 0 amide bonds. The Bertz CT molecular complexity index is 193. The van der Waals surface area contributed by atoms with E-state index in [0.29, 0.717) is 6.42 Å². The van der Waals surface area contributed by atoms with Gasteiger partial charge in [0.25, 0.3) is 0 Å². The Morgan fingerprint density at radius 2 is 2.25 bits per heavy atom. The summed E-state index contributed by atoms with van der Waals surface area (Å²) in [6.07, 6.45) is 0.610. The van der Waals surface area contributed by atoms with Crippen LogP contribution < -0.4 is 0 Å². The number of carboxylic acid groups (broad SMARTS) is 1. The third kappa shape index (κ3) is 1.32. The zero-order valence-electron chi connectivity index (χ0n) is 7.70. The maximum atomic E-state index is 11.0. The summed E-state index contributed by atoms with van der Waals surface area (Å²) in [6, 6.07) is 0. The van der Waals surface area contributed by atoms with Crippen LogP contribution in [0.3, 0.4) is 0 Å². The van der Waals surface area contributed by atoms with Crippen molar-refractivity contribution >= 4 is 5.97 Å². The minimum atomic E-state index is -0.806. The molecule has 0 saturated carbocycles. The molecule has 1 fully saturated rings. The Labute approximate surface area is 72.1 Å². The predicted molar refractivity (Wildman–Crippen MR) is 44.1 cm³/mol. The molecule has 0 spiro atoms. The first-order valence-corrected chi connectivity index (χ1v) is 4.01. The largest absolute Gasteiger partial charge is 0.480 e. The van der Waals surface area contributed by atoms with Crippen LogP contribution in [0.25, 0.3) is 0 Å². The predicted octanol–water partition coefficient (Wildman–Crippen LogP) is 0.180. The number of aliphatic carboxylic acids is 1.